The highest BCUT2D eigenvalue weighted by Gasteiger charge is 2.28. The maximum absolute atomic E-state index is 13.4. The molecule has 0 aromatic heterocycles. The molecule has 3 aromatic carbocycles. The van der Waals surface area contributed by atoms with Gasteiger partial charge >= 0.3 is 0 Å². The lowest BCUT2D eigenvalue weighted by atomic mass is 10.0. The predicted octanol–water partition coefficient (Wildman–Crippen LogP) is 4.91. The van der Waals surface area contributed by atoms with Crippen LogP contribution in [0.5, 0.6) is 5.75 Å². The molecule has 1 N–H and O–H groups in total. The lowest BCUT2D eigenvalue weighted by Crippen LogP contribution is -2.41. The Kier molecular flexibility index (Phi) is 7.94. The summed E-state index contributed by atoms with van der Waals surface area (Å²) < 4.78 is 46.7. The largest absolute Gasteiger partial charge is 0.494 e. The summed E-state index contributed by atoms with van der Waals surface area (Å²) in [6.07, 6.45) is 0. The van der Waals surface area contributed by atoms with Gasteiger partial charge in [0.2, 0.25) is 5.91 Å². The fourth-order valence-corrected chi connectivity index (χ4v) is 5.15. The quantitative estimate of drug-likeness (QED) is 0.468. The normalized spacial score (nSPS) is 12.1. The van der Waals surface area contributed by atoms with E-state index in [1.807, 2.05) is 45.9 Å². The van der Waals surface area contributed by atoms with E-state index in [9.17, 15) is 17.6 Å². The zero-order valence-corrected chi connectivity index (χ0v) is 20.5. The van der Waals surface area contributed by atoms with Crippen molar-refractivity contribution in [1.82, 2.24) is 5.32 Å². The van der Waals surface area contributed by atoms with Crippen LogP contribution in [0.25, 0.3) is 0 Å². The van der Waals surface area contributed by atoms with Crippen molar-refractivity contribution < 1.29 is 22.3 Å². The van der Waals surface area contributed by atoms with Gasteiger partial charge in [-0.1, -0.05) is 23.8 Å². The number of carbonyl (C=O) groups is 1. The van der Waals surface area contributed by atoms with Gasteiger partial charge in [-0.3, -0.25) is 9.10 Å². The van der Waals surface area contributed by atoms with E-state index in [1.54, 1.807) is 24.3 Å². The van der Waals surface area contributed by atoms with Gasteiger partial charge in [-0.25, -0.2) is 12.8 Å². The molecule has 34 heavy (non-hydrogen) atoms. The lowest BCUT2D eigenvalue weighted by Gasteiger charge is -2.25. The van der Waals surface area contributed by atoms with Crippen LogP contribution in [0.1, 0.15) is 36.6 Å². The van der Waals surface area contributed by atoms with Crippen molar-refractivity contribution in [3.05, 3.63) is 89.2 Å². The van der Waals surface area contributed by atoms with Crippen molar-refractivity contribution in [2.45, 2.75) is 38.6 Å². The first-order valence-corrected chi connectivity index (χ1v) is 12.4. The number of amides is 1. The molecule has 6 nitrogen and oxygen atoms in total. The Morgan fingerprint density at radius 2 is 1.68 bits per heavy atom. The zero-order chi connectivity index (χ0) is 24.9. The molecule has 8 heteroatoms. The molecule has 3 aromatic rings. The average Bonchev–Trinajstić information content (AvgIpc) is 2.78. The van der Waals surface area contributed by atoms with Gasteiger partial charge in [0, 0.05) is 0 Å². The summed E-state index contributed by atoms with van der Waals surface area (Å²) in [4.78, 5) is 12.9. The van der Waals surface area contributed by atoms with Crippen molar-refractivity contribution in [2.75, 3.05) is 17.5 Å². The summed E-state index contributed by atoms with van der Waals surface area (Å²) in [5, 5.41) is 2.89. The van der Waals surface area contributed by atoms with Crippen LogP contribution >= 0.6 is 0 Å². The van der Waals surface area contributed by atoms with Gasteiger partial charge in [0.1, 0.15) is 18.1 Å². The third kappa shape index (κ3) is 5.94. The van der Waals surface area contributed by atoms with Crippen LogP contribution < -0.4 is 14.4 Å². The SMILES string of the molecule is CCOc1ccc(N(CC(=O)N[C@@H](C)c2ccc(C)cc2C)S(=O)(=O)c2ccc(F)cc2)cc1. The molecule has 180 valence electrons. The number of carbonyl (C=O) groups excluding carboxylic acids is 1. The van der Waals surface area contributed by atoms with Crippen LogP contribution in [0, 0.1) is 19.7 Å². The Morgan fingerprint density at radius 1 is 1.03 bits per heavy atom. The molecule has 0 radical (unpaired) electrons. The molecule has 1 atom stereocenters. The number of rotatable bonds is 9. The monoisotopic (exact) mass is 484 g/mol. The number of halogens is 1. The maximum Gasteiger partial charge on any atom is 0.264 e. The van der Waals surface area contributed by atoms with Crippen molar-refractivity contribution in [1.29, 1.82) is 0 Å². The van der Waals surface area contributed by atoms with E-state index in [-0.39, 0.29) is 10.9 Å². The predicted molar refractivity (Wildman–Crippen MR) is 131 cm³/mol. The van der Waals surface area contributed by atoms with Gasteiger partial charge in [-0.05, 0) is 87.4 Å². The lowest BCUT2D eigenvalue weighted by molar-refractivity contribution is -0.120. The Labute approximate surface area is 200 Å². The van der Waals surface area contributed by atoms with Crippen LogP contribution in [0.4, 0.5) is 10.1 Å². The maximum atomic E-state index is 13.4. The van der Waals surface area contributed by atoms with Crippen LogP contribution in [-0.4, -0.2) is 27.5 Å². The number of aryl methyl sites for hydroxylation is 2. The number of nitrogens with one attached hydrogen (secondary N) is 1. The number of sulfonamides is 1. The van der Waals surface area contributed by atoms with Crippen LogP contribution in [0.3, 0.4) is 0 Å². The Balaban J connectivity index is 1.90. The molecular formula is C26H29FN2O4S. The molecule has 1 amide bonds. The van der Waals surface area contributed by atoms with E-state index in [0.29, 0.717) is 18.0 Å². The van der Waals surface area contributed by atoms with Gasteiger partial charge in [0.15, 0.2) is 0 Å². The number of anilines is 1. The number of ether oxygens (including phenoxy) is 1. The molecule has 0 saturated heterocycles. The molecule has 0 unspecified atom stereocenters. The first-order chi connectivity index (χ1) is 16.1. The standard InChI is InChI=1S/C26H29FN2O4S/c1-5-33-23-11-9-22(10-12-23)29(34(31,32)24-13-7-21(27)8-14-24)17-26(30)28-20(4)25-15-6-18(2)16-19(25)3/h6-16,20H,5,17H2,1-4H3,(H,28,30)/t20-/m0/s1. The molecule has 0 aliphatic carbocycles. The minimum atomic E-state index is -4.14. The summed E-state index contributed by atoms with van der Waals surface area (Å²) in [6.45, 7) is 7.69. The second kappa shape index (κ2) is 10.7. The van der Waals surface area contributed by atoms with Crippen LogP contribution in [0.15, 0.2) is 71.6 Å². The summed E-state index contributed by atoms with van der Waals surface area (Å²) in [7, 11) is -4.14. The van der Waals surface area contributed by atoms with E-state index in [0.717, 1.165) is 33.1 Å². The first kappa shape index (κ1) is 25.2. The first-order valence-electron chi connectivity index (χ1n) is 11.0. The number of hydrogen-bond donors (Lipinski definition) is 1. The highest BCUT2D eigenvalue weighted by molar-refractivity contribution is 7.92. The molecule has 0 aliphatic heterocycles. The smallest absolute Gasteiger partial charge is 0.264 e. The van der Waals surface area contributed by atoms with Gasteiger partial charge < -0.3 is 10.1 Å². The Morgan fingerprint density at radius 3 is 2.26 bits per heavy atom. The third-order valence-electron chi connectivity index (χ3n) is 5.39. The van der Waals surface area contributed by atoms with Gasteiger partial charge in [-0.15, -0.1) is 0 Å². The van der Waals surface area contributed by atoms with Crippen molar-refractivity contribution in [3.8, 4) is 5.75 Å². The number of nitrogens with zero attached hydrogens (tertiary/aromatic N) is 1. The van der Waals surface area contributed by atoms with Gasteiger partial charge in [0.05, 0.1) is 23.2 Å². The average molecular weight is 485 g/mol. The fourth-order valence-electron chi connectivity index (χ4n) is 3.73. The van der Waals surface area contributed by atoms with Gasteiger partial charge in [0.25, 0.3) is 10.0 Å². The number of benzene rings is 3. The van der Waals surface area contributed by atoms with E-state index in [2.05, 4.69) is 5.32 Å². The Bertz CT molecular complexity index is 1240. The second-order valence-electron chi connectivity index (χ2n) is 8.04. The van der Waals surface area contributed by atoms with E-state index in [1.165, 1.54) is 12.1 Å². The minimum absolute atomic E-state index is 0.113. The van der Waals surface area contributed by atoms with E-state index in [4.69, 9.17) is 4.74 Å². The topological polar surface area (TPSA) is 75.7 Å². The molecule has 0 fully saturated rings. The van der Waals surface area contributed by atoms with Crippen molar-refractivity contribution in [2.24, 2.45) is 0 Å². The fraction of sp³-hybridized carbons (Fsp3) is 0.269. The molecule has 3 rings (SSSR count). The highest BCUT2D eigenvalue weighted by Crippen LogP contribution is 2.26. The van der Waals surface area contributed by atoms with Crippen molar-refractivity contribution in [3.63, 3.8) is 0 Å². The second-order valence-corrected chi connectivity index (χ2v) is 9.90. The molecule has 0 heterocycles. The minimum Gasteiger partial charge on any atom is -0.494 e. The van der Waals surface area contributed by atoms with E-state index >= 15 is 0 Å². The number of hydrogen-bond acceptors (Lipinski definition) is 4. The molecule has 0 spiro atoms. The molecular weight excluding hydrogens is 455 g/mol. The third-order valence-corrected chi connectivity index (χ3v) is 7.18. The summed E-state index contributed by atoms with van der Waals surface area (Å²) in [6, 6.07) is 16.6. The molecule has 0 bridgehead atoms. The van der Waals surface area contributed by atoms with E-state index < -0.39 is 28.3 Å². The van der Waals surface area contributed by atoms with Crippen molar-refractivity contribution >= 4 is 21.6 Å². The van der Waals surface area contributed by atoms with Crippen LogP contribution in [0.2, 0.25) is 0 Å². The summed E-state index contributed by atoms with van der Waals surface area (Å²) in [5.74, 6) is -0.433. The summed E-state index contributed by atoms with van der Waals surface area (Å²) >= 11 is 0. The van der Waals surface area contributed by atoms with Gasteiger partial charge in [-0.2, -0.15) is 0 Å². The Hall–Kier alpha value is -3.39. The summed E-state index contributed by atoms with van der Waals surface area (Å²) in [5.41, 5.74) is 3.40. The highest BCUT2D eigenvalue weighted by atomic mass is 32.2. The zero-order valence-electron chi connectivity index (χ0n) is 19.7. The van der Waals surface area contributed by atoms with Crippen LogP contribution in [-0.2, 0) is 14.8 Å². The molecule has 0 saturated carbocycles. The molecule has 0 aliphatic rings.